The fourth-order valence-electron chi connectivity index (χ4n) is 4.70. The minimum Gasteiger partial charge on any atom is -0.511 e. The quantitative estimate of drug-likeness (QED) is 0.217. The van der Waals surface area contributed by atoms with Crippen LogP contribution in [0.1, 0.15) is 40.0 Å². The number of allylic oxidation sites excluding steroid dienone is 1. The summed E-state index contributed by atoms with van der Waals surface area (Å²) < 4.78 is 4.93. The van der Waals surface area contributed by atoms with E-state index < -0.39 is 17.3 Å². The van der Waals surface area contributed by atoms with Gasteiger partial charge in [0, 0.05) is 17.2 Å². The number of rotatable bonds is 6. The molecule has 0 spiro atoms. The Kier molecular flexibility index (Phi) is 6.37. The lowest BCUT2D eigenvalue weighted by molar-refractivity contribution is -0.150. The van der Waals surface area contributed by atoms with Crippen molar-refractivity contribution in [2.45, 2.75) is 40.0 Å². The first kappa shape index (κ1) is 23.4. The van der Waals surface area contributed by atoms with Gasteiger partial charge in [-0.25, -0.2) is 4.98 Å². The first-order chi connectivity index (χ1) is 16.3. The van der Waals surface area contributed by atoms with Crippen LogP contribution >= 0.6 is 0 Å². The molecule has 1 aromatic heterocycles. The maximum absolute atomic E-state index is 13.1. The molecule has 0 saturated heterocycles. The number of hydrogen-bond donors (Lipinski definition) is 2. The van der Waals surface area contributed by atoms with Gasteiger partial charge in [-0.2, -0.15) is 5.10 Å². The molecule has 0 radical (unpaired) electrons. The first-order valence-electron chi connectivity index (χ1n) is 11.4. The van der Waals surface area contributed by atoms with Crippen LogP contribution in [0.25, 0.3) is 21.7 Å². The lowest BCUT2D eigenvalue weighted by Crippen LogP contribution is -2.41. The number of anilines is 1. The molecule has 7 nitrogen and oxygen atoms in total. The summed E-state index contributed by atoms with van der Waals surface area (Å²) in [6.07, 6.45) is 1.24. The van der Waals surface area contributed by atoms with E-state index in [-0.39, 0.29) is 23.5 Å². The third-order valence-corrected chi connectivity index (χ3v) is 6.32. The number of hydrogen-bond acceptors (Lipinski definition) is 7. The van der Waals surface area contributed by atoms with Crippen molar-refractivity contribution in [1.29, 1.82) is 0 Å². The molecular formula is C27H29N3O4. The number of aliphatic hydroxyl groups excluding tert-OH is 1. The second-order valence-electron chi connectivity index (χ2n) is 9.25. The number of pyridine rings is 1. The Morgan fingerprint density at radius 3 is 2.47 bits per heavy atom. The van der Waals surface area contributed by atoms with Crippen LogP contribution in [0.4, 0.5) is 5.82 Å². The summed E-state index contributed by atoms with van der Waals surface area (Å²) in [5, 5.41) is 18.6. The van der Waals surface area contributed by atoms with Gasteiger partial charge in [0.25, 0.3) is 0 Å². The lowest BCUT2D eigenvalue weighted by atomic mass is 9.67. The molecule has 1 aliphatic rings. The van der Waals surface area contributed by atoms with Gasteiger partial charge in [0.15, 0.2) is 11.6 Å². The van der Waals surface area contributed by atoms with Gasteiger partial charge in [-0.1, -0.05) is 69.7 Å². The molecule has 3 aromatic rings. The minimum absolute atomic E-state index is 0.0918. The number of aromatic nitrogens is 1. The first-order valence-corrected chi connectivity index (χ1v) is 11.4. The van der Waals surface area contributed by atoms with Crippen molar-refractivity contribution in [3.63, 3.8) is 0 Å². The SMILES string of the molecule is CCC/C(=N\Nc1nc2ccccc2c2ccccc12)C1=C(O)C(C(=O)OC)C(C)(C)CC1=O. The minimum atomic E-state index is -0.938. The lowest BCUT2D eigenvalue weighted by Gasteiger charge is -2.36. The summed E-state index contributed by atoms with van der Waals surface area (Å²) in [6.45, 7) is 5.52. The number of carbonyl (C=O) groups is 2. The van der Waals surface area contributed by atoms with E-state index in [9.17, 15) is 14.7 Å². The number of ketones is 1. The Morgan fingerprint density at radius 1 is 1.15 bits per heavy atom. The molecule has 0 aliphatic heterocycles. The van der Waals surface area contributed by atoms with E-state index >= 15 is 0 Å². The Bertz CT molecular complexity index is 1340. The number of esters is 1. The number of methoxy groups -OCH3 is 1. The van der Waals surface area contributed by atoms with E-state index in [1.807, 2.05) is 55.5 Å². The van der Waals surface area contributed by atoms with Crippen molar-refractivity contribution in [2.75, 3.05) is 12.5 Å². The summed E-state index contributed by atoms with van der Waals surface area (Å²) >= 11 is 0. The number of nitrogens with zero attached hydrogens (tertiary/aromatic N) is 2. The number of Topliss-reactive ketones (excluding diaryl/α,β-unsaturated/α-hetero) is 1. The Labute approximate surface area is 198 Å². The van der Waals surface area contributed by atoms with Crippen LogP contribution in [0.15, 0.2) is 65.0 Å². The number of nitrogens with one attached hydrogen (secondary N) is 1. The molecule has 1 unspecified atom stereocenters. The molecule has 0 fully saturated rings. The van der Waals surface area contributed by atoms with Gasteiger partial charge in [0.2, 0.25) is 0 Å². The van der Waals surface area contributed by atoms with Gasteiger partial charge in [0.05, 0.1) is 23.9 Å². The Morgan fingerprint density at radius 2 is 1.79 bits per heavy atom. The standard InChI is InChI=1S/C27H29N3O4/c1-5-10-20(22-21(31)15-27(2,3)23(24(22)32)26(33)34-4)29-30-25-18-13-7-6-11-16(18)17-12-8-9-14-19(17)28-25/h6-9,11-14,23,32H,5,10,15H2,1-4H3,(H,28,30)/b29-20+. The van der Waals surface area contributed by atoms with Crippen LogP contribution in [0.2, 0.25) is 0 Å². The predicted molar refractivity (Wildman–Crippen MR) is 134 cm³/mol. The molecule has 1 atom stereocenters. The number of para-hydroxylation sites is 1. The van der Waals surface area contributed by atoms with Crippen LogP contribution in [0.5, 0.6) is 0 Å². The highest BCUT2D eigenvalue weighted by atomic mass is 16.5. The maximum Gasteiger partial charge on any atom is 0.316 e. The van der Waals surface area contributed by atoms with Gasteiger partial charge >= 0.3 is 5.97 Å². The van der Waals surface area contributed by atoms with E-state index in [2.05, 4.69) is 10.5 Å². The number of ether oxygens (including phenoxy) is 1. The molecule has 176 valence electrons. The Hall–Kier alpha value is -3.74. The number of fused-ring (bicyclic) bond motifs is 3. The molecule has 0 bridgehead atoms. The molecule has 0 amide bonds. The third-order valence-electron chi connectivity index (χ3n) is 6.32. The van der Waals surface area contributed by atoms with Crippen LogP contribution in [-0.4, -0.2) is 34.7 Å². The smallest absolute Gasteiger partial charge is 0.316 e. The molecule has 0 saturated carbocycles. The van der Waals surface area contributed by atoms with E-state index in [0.717, 1.165) is 21.7 Å². The monoisotopic (exact) mass is 459 g/mol. The average molecular weight is 460 g/mol. The largest absolute Gasteiger partial charge is 0.511 e. The molecule has 1 heterocycles. The molecule has 2 aromatic carbocycles. The van der Waals surface area contributed by atoms with Crippen molar-refractivity contribution in [2.24, 2.45) is 16.4 Å². The average Bonchev–Trinajstić information content (AvgIpc) is 2.81. The molecular weight excluding hydrogens is 430 g/mol. The zero-order chi connectivity index (χ0) is 24.5. The number of hydrazone groups is 1. The zero-order valence-corrected chi connectivity index (χ0v) is 19.9. The fourth-order valence-corrected chi connectivity index (χ4v) is 4.70. The second kappa shape index (κ2) is 9.25. The summed E-state index contributed by atoms with van der Waals surface area (Å²) in [5.41, 5.74) is 3.59. The van der Waals surface area contributed by atoms with Crippen molar-refractivity contribution in [1.82, 2.24) is 4.98 Å². The maximum atomic E-state index is 13.1. The van der Waals surface area contributed by atoms with Gasteiger partial charge in [-0.05, 0) is 23.3 Å². The van der Waals surface area contributed by atoms with Crippen molar-refractivity contribution in [3.05, 3.63) is 59.9 Å². The Balaban J connectivity index is 1.82. The van der Waals surface area contributed by atoms with E-state index in [0.29, 0.717) is 24.4 Å². The van der Waals surface area contributed by atoms with Gasteiger partial charge in [0.1, 0.15) is 11.7 Å². The predicted octanol–water partition coefficient (Wildman–Crippen LogP) is 5.56. The van der Waals surface area contributed by atoms with Crippen LogP contribution in [0.3, 0.4) is 0 Å². The number of carbonyl (C=O) groups excluding carboxylic acids is 2. The van der Waals surface area contributed by atoms with Crippen molar-refractivity contribution >= 4 is 45.0 Å². The zero-order valence-electron chi connectivity index (χ0n) is 19.9. The van der Waals surface area contributed by atoms with E-state index in [1.165, 1.54) is 7.11 Å². The summed E-state index contributed by atoms with van der Waals surface area (Å²) in [7, 11) is 1.28. The van der Waals surface area contributed by atoms with Crippen LogP contribution in [-0.2, 0) is 14.3 Å². The summed E-state index contributed by atoms with van der Waals surface area (Å²) in [4.78, 5) is 30.3. The van der Waals surface area contributed by atoms with Crippen LogP contribution in [0, 0.1) is 11.3 Å². The fraction of sp³-hybridized carbons (Fsp3) is 0.333. The summed E-state index contributed by atoms with van der Waals surface area (Å²) in [6, 6.07) is 15.8. The van der Waals surface area contributed by atoms with E-state index in [1.54, 1.807) is 13.8 Å². The van der Waals surface area contributed by atoms with Gasteiger partial charge in [-0.15, -0.1) is 0 Å². The summed E-state index contributed by atoms with van der Waals surface area (Å²) in [5.74, 6) is -1.48. The molecule has 1 aliphatic carbocycles. The highest BCUT2D eigenvalue weighted by molar-refractivity contribution is 6.24. The van der Waals surface area contributed by atoms with Crippen LogP contribution < -0.4 is 5.43 Å². The van der Waals surface area contributed by atoms with E-state index in [4.69, 9.17) is 9.72 Å². The third kappa shape index (κ3) is 4.14. The topological polar surface area (TPSA) is 101 Å². The van der Waals surface area contributed by atoms with Gasteiger partial charge in [-0.3, -0.25) is 15.0 Å². The second-order valence-corrected chi connectivity index (χ2v) is 9.25. The molecule has 2 N–H and O–H groups in total. The molecule has 34 heavy (non-hydrogen) atoms. The number of benzene rings is 2. The van der Waals surface area contributed by atoms with Crippen molar-refractivity contribution in [3.8, 4) is 0 Å². The molecule has 7 heteroatoms. The van der Waals surface area contributed by atoms with Gasteiger partial charge < -0.3 is 9.84 Å². The molecule has 4 rings (SSSR count). The van der Waals surface area contributed by atoms with Crippen molar-refractivity contribution < 1.29 is 19.4 Å². The highest BCUT2D eigenvalue weighted by Crippen LogP contribution is 2.42. The highest BCUT2D eigenvalue weighted by Gasteiger charge is 2.47. The number of aliphatic hydroxyl groups is 1. The normalized spacial score (nSPS) is 18.4.